The van der Waals surface area contributed by atoms with Crippen LogP contribution in [0.15, 0.2) is 36.7 Å². The summed E-state index contributed by atoms with van der Waals surface area (Å²) in [7, 11) is 0. The first-order valence-corrected chi connectivity index (χ1v) is 7.11. The number of anilines is 1. The number of nitro groups is 1. The molecule has 0 spiro atoms. The van der Waals surface area contributed by atoms with E-state index >= 15 is 0 Å². The SMILES string of the molecule is O=C(Nc1cc(OCC(F)F)cc([N+](=O)[O-])c1)c1nc2ncccn2n1. The molecule has 12 heteroatoms. The number of hydrogen-bond donors (Lipinski definition) is 1. The molecule has 0 aliphatic carbocycles. The predicted octanol–water partition coefficient (Wildman–Crippen LogP) is 1.93. The number of nitrogens with zero attached hydrogens (tertiary/aromatic N) is 5. The van der Waals surface area contributed by atoms with Crippen molar-refractivity contribution in [2.24, 2.45) is 0 Å². The Hall–Kier alpha value is -3.70. The molecular formula is C14H10F2N6O4. The van der Waals surface area contributed by atoms with Gasteiger partial charge >= 0.3 is 0 Å². The van der Waals surface area contributed by atoms with Gasteiger partial charge in [0.05, 0.1) is 16.7 Å². The quantitative estimate of drug-likeness (QED) is 0.523. The van der Waals surface area contributed by atoms with Crippen molar-refractivity contribution in [2.75, 3.05) is 11.9 Å². The van der Waals surface area contributed by atoms with Crippen LogP contribution in [0.5, 0.6) is 5.75 Å². The van der Waals surface area contributed by atoms with Crippen LogP contribution in [0.4, 0.5) is 20.2 Å². The Bertz CT molecular complexity index is 944. The molecule has 0 aliphatic rings. The lowest BCUT2D eigenvalue weighted by Gasteiger charge is -2.08. The maximum atomic E-state index is 12.3. The molecule has 0 unspecified atom stereocenters. The number of ether oxygens (including phenoxy) is 1. The number of non-ortho nitro benzene ring substituents is 1. The summed E-state index contributed by atoms with van der Waals surface area (Å²) in [6.45, 7) is -0.936. The summed E-state index contributed by atoms with van der Waals surface area (Å²) in [6.07, 6.45) is 0.260. The summed E-state index contributed by atoms with van der Waals surface area (Å²) in [5.41, 5.74) is -0.461. The molecule has 3 rings (SSSR count). The van der Waals surface area contributed by atoms with E-state index in [9.17, 15) is 23.7 Å². The van der Waals surface area contributed by atoms with Gasteiger partial charge in [0.25, 0.3) is 23.8 Å². The fourth-order valence-electron chi connectivity index (χ4n) is 2.02. The third-order valence-corrected chi connectivity index (χ3v) is 3.06. The number of hydrogen-bond acceptors (Lipinski definition) is 7. The molecule has 3 aromatic rings. The minimum atomic E-state index is -2.75. The van der Waals surface area contributed by atoms with Crippen LogP contribution < -0.4 is 10.1 Å². The molecule has 0 aliphatic heterocycles. The van der Waals surface area contributed by atoms with Crippen molar-refractivity contribution >= 4 is 23.1 Å². The van der Waals surface area contributed by atoms with Crippen LogP contribution in [0.1, 0.15) is 10.6 Å². The molecule has 0 saturated carbocycles. The van der Waals surface area contributed by atoms with Gasteiger partial charge < -0.3 is 10.1 Å². The second-order valence-electron chi connectivity index (χ2n) is 4.93. The Labute approximate surface area is 143 Å². The summed E-state index contributed by atoms with van der Waals surface area (Å²) >= 11 is 0. The van der Waals surface area contributed by atoms with Gasteiger partial charge in [-0.05, 0) is 6.07 Å². The number of rotatable bonds is 6. The van der Waals surface area contributed by atoms with E-state index in [1.54, 1.807) is 6.07 Å². The summed E-state index contributed by atoms with van der Waals surface area (Å²) in [5, 5.41) is 17.3. The van der Waals surface area contributed by atoms with Crippen molar-refractivity contribution in [3.8, 4) is 5.75 Å². The Kier molecular flexibility index (Phi) is 4.64. The molecule has 26 heavy (non-hydrogen) atoms. The number of carbonyl (C=O) groups is 1. The maximum Gasteiger partial charge on any atom is 0.295 e. The lowest BCUT2D eigenvalue weighted by Crippen LogP contribution is -2.14. The highest BCUT2D eigenvalue weighted by atomic mass is 19.3. The number of fused-ring (bicyclic) bond motifs is 1. The molecule has 134 valence electrons. The van der Waals surface area contributed by atoms with E-state index in [4.69, 9.17) is 4.74 Å². The number of nitrogens with one attached hydrogen (secondary N) is 1. The Morgan fingerprint density at radius 1 is 1.38 bits per heavy atom. The molecule has 2 heterocycles. The summed E-state index contributed by atoms with van der Waals surface area (Å²) in [4.78, 5) is 30.3. The van der Waals surface area contributed by atoms with Crippen LogP contribution >= 0.6 is 0 Å². The average Bonchev–Trinajstić information content (AvgIpc) is 3.04. The molecule has 0 radical (unpaired) electrons. The zero-order valence-electron chi connectivity index (χ0n) is 12.9. The third kappa shape index (κ3) is 3.85. The van der Waals surface area contributed by atoms with Crippen LogP contribution in [0.3, 0.4) is 0 Å². The van der Waals surface area contributed by atoms with E-state index in [0.29, 0.717) is 0 Å². The van der Waals surface area contributed by atoms with Crippen molar-refractivity contribution in [2.45, 2.75) is 6.43 Å². The lowest BCUT2D eigenvalue weighted by molar-refractivity contribution is -0.384. The summed E-state index contributed by atoms with van der Waals surface area (Å²) in [6, 6.07) is 4.81. The number of alkyl halides is 2. The predicted molar refractivity (Wildman–Crippen MR) is 83.3 cm³/mol. The molecule has 1 N–H and O–H groups in total. The molecule has 0 saturated heterocycles. The monoisotopic (exact) mass is 364 g/mol. The van der Waals surface area contributed by atoms with Gasteiger partial charge in [-0.15, -0.1) is 5.10 Å². The second-order valence-corrected chi connectivity index (χ2v) is 4.93. The highest BCUT2D eigenvalue weighted by Gasteiger charge is 2.17. The van der Waals surface area contributed by atoms with Crippen LogP contribution in [0.2, 0.25) is 0 Å². The zero-order chi connectivity index (χ0) is 18.7. The van der Waals surface area contributed by atoms with Crippen molar-refractivity contribution in [1.29, 1.82) is 0 Å². The van der Waals surface area contributed by atoms with Gasteiger partial charge in [-0.3, -0.25) is 14.9 Å². The van der Waals surface area contributed by atoms with E-state index < -0.39 is 29.6 Å². The fraction of sp³-hybridized carbons (Fsp3) is 0.143. The van der Waals surface area contributed by atoms with Gasteiger partial charge in [-0.25, -0.2) is 18.3 Å². The lowest BCUT2D eigenvalue weighted by atomic mass is 10.2. The van der Waals surface area contributed by atoms with Crippen molar-refractivity contribution in [3.05, 3.63) is 52.6 Å². The molecule has 1 aromatic carbocycles. The Morgan fingerprint density at radius 2 is 2.19 bits per heavy atom. The number of amides is 1. The van der Waals surface area contributed by atoms with Crippen LogP contribution in [0.25, 0.3) is 5.78 Å². The van der Waals surface area contributed by atoms with E-state index in [2.05, 4.69) is 20.4 Å². The van der Waals surface area contributed by atoms with Crippen molar-refractivity contribution in [1.82, 2.24) is 19.6 Å². The first kappa shape index (κ1) is 17.1. The van der Waals surface area contributed by atoms with E-state index in [1.165, 1.54) is 23.0 Å². The van der Waals surface area contributed by atoms with E-state index in [0.717, 1.165) is 12.1 Å². The Balaban J connectivity index is 1.85. The van der Waals surface area contributed by atoms with Gasteiger partial charge in [0.15, 0.2) is 0 Å². The first-order valence-electron chi connectivity index (χ1n) is 7.11. The minimum Gasteiger partial charge on any atom is -0.487 e. The standard InChI is InChI=1S/C14H10F2N6O4/c15-11(16)7-26-10-5-8(4-9(6-10)22(24)25)18-13(23)12-19-14-17-2-1-3-21(14)20-12/h1-6,11H,7H2,(H,18,23). The average molecular weight is 364 g/mol. The van der Waals surface area contributed by atoms with Gasteiger partial charge in [0, 0.05) is 24.5 Å². The van der Waals surface area contributed by atoms with E-state index in [-0.39, 0.29) is 23.0 Å². The molecular weight excluding hydrogens is 354 g/mol. The largest absolute Gasteiger partial charge is 0.487 e. The number of halogens is 2. The number of carbonyl (C=O) groups excluding carboxylic acids is 1. The fourth-order valence-corrected chi connectivity index (χ4v) is 2.02. The van der Waals surface area contributed by atoms with Gasteiger partial charge in [0.1, 0.15) is 12.4 Å². The molecule has 0 bridgehead atoms. The molecule has 0 atom stereocenters. The van der Waals surface area contributed by atoms with E-state index in [1.807, 2.05) is 0 Å². The van der Waals surface area contributed by atoms with Crippen molar-refractivity contribution < 1.29 is 23.2 Å². The zero-order valence-corrected chi connectivity index (χ0v) is 12.9. The summed E-state index contributed by atoms with van der Waals surface area (Å²) in [5.74, 6) is -0.960. The highest BCUT2D eigenvalue weighted by Crippen LogP contribution is 2.26. The topological polar surface area (TPSA) is 125 Å². The molecule has 1 amide bonds. The number of nitro benzene ring substituents is 1. The highest BCUT2D eigenvalue weighted by molar-refractivity contribution is 6.02. The Morgan fingerprint density at radius 3 is 2.88 bits per heavy atom. The van der Waals surface area contributed by atoms with Crippen LogP contribution in [-0.4, -0.2) is 43.4 Å². The van der Waals surface area contributed by atoms with Crippen LogP contribution in [0, 0.1) is 10.1 Å². The number of benzene rings is 1. The van der Waals surface area contributed by atoms with Gasteiger partial charge in [-0.1, -0.05) is 0 Å². The van der Waals surface area contributed by atoms with Crippen LogP contribution in [-0.2, 0) is 0 Å². The van der Waals surface area contributed by atoms with Gasteiger partial charge in [-0.2, -0.15) is 4.98 Å². The normalized spacial score (nSPS) is 10.9. The molecule has 10 nitrogen and oxygen atoms in total. The van der Waals surface area contributed by atoms with Gasteiger partial charge in [0.2, 0.25) is 5.82 Å². The summed E-state index contributed by atoms with van der Waals surface area (Å²) < 4.78 is 30.6. The minimum absolute atomic E-state index is 0.0275. The first-order chi connectivity index (χ1) is 12.4. The van der Waals surface area contributed by atoms with Crippen molar-refractivity contribution in [3.63, 3.8) is 0 Å². The number of aromatic nitrogens is 4. The maximum absolute atomic E-state index is 12.3. The smallest absolute Gasteiger partial charge is 0.295 e. The second kappa shape index (κ2) is 7.04. The third-order valence-electron chi connectivity index (χ3n) is 3.06. The molecule has 2 aromatic heterocycles. The molecule has 0 fully saturated rings.